The summed E-state index contributed by atoms with van der Waals surface area (Å²) in [4.78, 5) is 40.5. The number of likely N-dealkylation sites (tertiary alicyclic amines) is 1. The van der Waals surface area contributed by atoms with Gasteiger partial charge in [-0.2, -0.15) is 50.5 Å². The first kappa shape index (κ1) is 42.7. The second kappa shape index (κ2) is 18.8. The van der Waals surface area contributed by atoms with Crippen LogP contribution in [0.4, 0.5) is 14.6 Å². The summed E-state index contributed by atoms with van der Waals surface area (Å²) in [6, 6.07) is 5.84. The van der Waals surface area contributed by atoms with Crippen LogP contribution in [0.3, 0.4) is 0 Å². The first-order valence-corrected chi connectivity index (χ1v) is 16.2. The number of rotatable bonds is 10. The molecule has 1 amide bonds. The summed E-state index contributed by atoms with van der Waals surface area (Å²) in [5.74, 6) is -0.559. The molecule has 0 aliphatic carbocycles. The van der Waals surface area contributed by atoms with E-state index >= 15 is 4.39 Å². The van der Waals surface area contributed by atoms with Gasteiger partial charge in [-0.1, -0.05) is 25.6 Å². The fourth-order valence-corrected chi connectivity index (χ4v) is 7.14. The van der Waals surface area contributed by atoms with Crippen molar-refractivity contribution < 1.29 is 23.0 Å². The highest BCUT2D eigenvalue weighted by molar-refractivity contribution is 7.59. The Labute approximate surface area is 324 Å². The Morgan fingerprint density at radius 1 is 1.15 bits per heavy atom. The van der Waals surface area contributed by atoms with Crippen molar-refractivity contribution in [1.82, 2.24) is 29.7 Å². The second-order valence-electron chi connectivity index (χ2n) is 12.4. The lowest BCUT2D eigenvalue weighted by Crippen LogP contribution is -2.56. The van der Waals surface area contributed by atoms with Gasteiger partial charge in [-0.15, -0.1) is 0 Å². The van der Waals surface area contributed by atoms with Crippen LogP contribution in [-0.4, -0.2) is 113 Å². The van der Waals surface area contributed by atoms with Gasteiger partial charge in [-0.05, 0) is 36.8 Å². The lowest BCUT2D eigenvalue weighted by Gasteiger charge is -2.39. The predicted octanol–water partition coefficient (Wildman–Crippen LogP) is 5.37. The molecule has 3 aliphatic rings. The van der Waals surface area contributed by atoms with Crippen molar-refractivity contribution in [3.05, 3.63) is 71.7 Å². The third-order valence-electron chi connectivity index (χ3n) is 9.44. The van der Waals surface area contributed by atoms with E-state index in [9.17, 15) is 9.18 Å². The fourth-order valence-electron chi connectivity index (χ4n) is 7.14. The first-order valence-electron chi connectivity index (χ1n) is 16.2. The summed E-state index contributed by atoms with van der Waals surface area (Å²) in [5.41, 5.74) is 1.71. The van der Waals surface area contributed by atoms with Gasteiger partial charge < -0.3 is 24.1 Å². The lowest BCUT2D eigenvalue weighted by molar-refractivity contribution is -0.128. The quantitative estimate of drug-likeness (QED) is 0.120. The molecule has 3 saturated heterocycles. The van der Waals surface area contributed by atoms with Crippen LogP contribution < -0.4 is 9.64 Å². The van der Waals surface area contributed by atoms with Crippen LogP contribution in [0.2, 0.25) is 0 Å². The Morgan fingerprint density at radius 2 is 1.98 bits per heavy atom. The molecule has 7 rings (SSSR count). The minimum atomic E-state index is -0.753. The number of carbonyl (C=O) groups is 1. The molecule has 3 aromatic heterocycles. The zero-order valence-electron chi connectivity index (χ0n) is 28.2. The number of halogens is 2. The zero-order chi connectivity index (χ0) is 33.2. The van der Waals surface area contributed by atoms with Gasteiger partial charge in [0.15, 0.2) is 5.82 Å². The van der Waals surface area contributed by atoms with Gasteiger partial charge in [0.2, 0.25) is 12.5 Å². The molecular formula is C36H46F2N8O3S3. The monoisotopic (exact) mass is 772 g/mol. The summed E-state index contributed by atoms with van der Waals surface area (Å²) < 4.78 is 41.2. The van der Waals surface area contributed by atoms with Crippen molar-refractivity contribution in [3.63, 3.8) is 0 Å². The normalized spacial score (nSPS) is 19.5. The number of aromatic nitrogens is 4. The molecular weight excluding hydrogens is 727 g/mol. The molecule has 0 N–H and O–H groups in total. The number of nitrogens with zero attached hydrogens (tertiary/aromatic N) is 8. The van der Waals surface area contributed by atoms with Crippen molar-refractivity contribution >= 4 is 73.9 Å². The lowest BCUT2D eigenvalue weighted by atomic mass is 10.00. The summed E-state index contributed by atoms with van der Waals surface area (Å²) in [7, 11) is 0. The number of hydrogen-bond donors (Lipinski definition) is 0. The van der Waals surface area contributed by atoms with Crippen molar-refractivity contribution in [2.24, 2.45) is 0 Å². The molecule has 4 aromatic rings. The van der Waals surface area contributed by atoms with Crippen LogP contribution in [0.1, 0.15) is 25.8 Å². The molecule has 0 unspecified atom stereocenters. The number of fused-ring (bicyclic) bond motifs is 4. The fraction of sp³-hybridized carbons (Fsp3) is 0.444. The Kier molecular flexibility index (Phi) is 15.5. The Balaban J connectivity index is 0.00000182. The van der Waals surface area contributed by atoms with Gasteiger partial charge in [0.1, 0.15) is 29.7 Å². The number of benzene rings is 1. The van der Waals surface area contributed by atoms with Crippen LogP contribution in [-0.2, 0) is 9.53 Å². The largest absolute Gasteiger partial charge is 0.463 e. The third-order valence-corrected chi connectivity index (χ3v) is 9.44. The van der Waals surface area contributed by atoms with Crippen LogP contribution in [0.25, 0.3) is 37.8 Å². The summed E-state index contributed by atoms with van der Waals surface area (Å²) >= 11 is 0. The number of aryl methyl sites for hydroxylation is 1. The number of anilines is 1. The average molecular weight is 773 g/mol. The molecule has 3 fully saturated rings. The topological polar surface area (TPSA) is 101 Å². The molecule has 6 heterocycles. The highest BCUT2D eigenvalue weighted by atomic mass is 32.1. The van der Waals surface area contributed by atoms with Crippen LogP contribution >= 0.6 is 40.5 Å². The van der Waals surface area contributed by atoms with E-state index in [1.807, 2.05) is 30.0 Å². The van der Waals surface area contributed by atoms with E-state index < -0.39 is 18.5 Å². The Bertz CT molecular complexity index is 1930. The van der Waals surface area contributed by atoms with E-state index in [0.29, 0.717) is 42.1 Å². The second-order valence-corrected chi connectivity index (χ2v) is 12.4. The van der Waals surface area contributed by atoms with Crippen LogP contribution in [0.15, 0.2) is 48.9 Å². The van der Waals surface area contributed by atoms with Gasteiger partial charge in [0.25, 0.3) is 0 Å². The SMILES string of the molecule is C.S.S.S.[C-]#[N+]C[C@H]1CN(c2nc(OCCCN3C[C@@H]4C[C@H]3CO4)nc3c(F)c(-c4cncc5cccc(C)c45)ncc23)CCN1C(=O)/C=C/CF. The molecule has 52 heavy (non-hydrogen) atoms. The molecule has 2 bridgehead atoms. The molecule has 3 atom stereocenters. The number of carbonyl (C=O) groups excluding carboxylic acids is 1. The number of pyridine rings is 2. The van der Waals surface area contributed by atoms with Crippen molar-refractivity contribution in [2.75, 3.05) is 64.1 Å². The van der Waals surface area contributed by atoms with Gasteiger partial charge >= 0.3 is 6.01 Å². The highest BCUT2D eigenvalue weighted by Gasteiger charge is 2.38. The number of morpholine rings is 1. The number of amides is 1. The first-order chi connectivity index (χ1) is 23.4. The predicted molar refractivity (Wildman–Crippen MR) is 215 cm³/mol. The van der Waals surface area contributed by atoms with E-state index in [1.165, 1.54) is 6.08 Å². The summed E-state index contributed by atoms with van der Waals surface area (Å²) in [6.07, 6.45) is 9.41. The van der Waals surface area contributed by atoms with Crippen LogP contribution in [0, 0.1) is 19.3 Å². The number of piperazine rings is 1. The smallest absolute Gasteiger partial charge is 0.319 e. The molecule has 1 aromatic carbocycles. The van der Waals surface area contributed by atoms with Crippen molar-refractivity contribution in [2.45, 2.75) is 45.4 Å². The number of alkyl halides is 1. The third kappa shape index (κ3) is 8.55. The maximum Gasteiger partial charge on any atom is 0.319 e. The zero-order valence-corrected chi connectivity index (χ0v) is 31.2. The van der Waals surface area contributed by atoms with Gasteiger partial charge in [0, 0.05) is 74.4 Å². The molecule has 11 nitrogen and oxygen atoms in total. The minimum Gasteiger partial charge on any atom is -0.463 e. The van der Waals surface area contributed by atoms with Gasteiger partial charge in [0.05, 0.1) is 24.7 Å². The summed E-state index contributed by atoms with van der Waals surface area (Å²) in [5, 5.41) is 2.12. The highest BCUT2D eigenvalue weighted by Crippen LogP contribution is 2.36. The maximum atomic E-state index is 16.7. The average Bonchev–Trinajstić information content (AvgIpc) is 3.73. The molecule has 280 valence electrons. The van der Waals surface area contributed by atoms with Crippen LogP contribution in [0.5, 0.6) is 6.01 Å². The molecule has 0 radical (unpaired) electrons. The molecule has 3 aliphatic heterocycles. The Morgan fingerprint density at radius 3 is 2.71 bits per heavy atom. The van der Waals surface area contributed by atoms with Gasteiger partial charge in [-0.25, -0.2) is 15.4 Å². The van der Waals surface area contributed by atoms with E-state index in [4.69, 9.17) is 21.0 Å². The van der Waals surface area contributed by atoms with Crippen molar-refractivity contribution in [1.29, 1.82) is 0 Å². The maximum absolute atomic E-state index is 16.7. The van der Waals surface area contributed by atoms with E-state index in [-0.39, 0.29) is 90.7 Å². The Hall–Kier alpha value is -3.75. The molecule has 0 spiro atoms. The molecule has 16 heteroatoms. The van der Waals surface area contributed by atoms with Crippen molar-refractivity contribution in [3.8, 4) is 17.3 Å². The standard InChI is InChI=1S/C35H36F2N8O3.CH4.3H2S/c1-22-6-3-7-23-15-39-17-27(30(22)23)32-31(37)33-28(18-40-32)34(44-11-12-45(25(19-44)16-38-2)29(46)8-4-9-36)42-35(41-33)47-13-5-10-43-20-26-14-24(43)21-48-26;;;;/h3-4,6-8,15,17-18,24-26H,5,9-14,16,19-21H2,1H3;1H4;3*1H2/b8-4+;;;;/t24-,25-,26-;;;;/m0..../s1. The molecule has 0 saturated carbocycles. The van der Waals surface area contributed by atoms with Gasteiger partial charge in [-0.3, -0.25) is 19.7 Å². The number of ether oxygens (including phenoxy) is 2. The van der Waals surface area contributed by atoms with E-state index in [0.717, 1.165) is 54.9 Å². The minimum absolute atomic E-state index is 0. The van der Waals surface area contributed by atoms with E-state index in [1.54, 1.807) is 23.5 Å². The van der Waals surface area contributed by atoms with E-state index in [2.05, 4.69) is 24.7 Å². The number of hydrogen-bond acceptors (Lipinski definition) is 9. The number of allylic oxidation sites excluding steroid dienone is 1. The summed E-state index contributed by atoms with van der Waals surface area (Å²) in [6.45, 7) is 12.5.